The zero-order valence-electron chi connectivity index (χ0n) is 11.1. The standard InChI is InChI=1S/C13H16ClNO4S/c1-9(13(16)17)10(2)15-20(18,19)8-7-11-3-5-12(14)6-4-11/h3-10,15H,1-2H3,(H,16,17)/b8-7+. The Labute approximate surface area is 123 Å². The highest BCUT2D eigenvalue weighted by Gasteiger charge is 2.22. The van der Waals surface area contributed by atoms with Gasteiger partial charge in [-0.3, -0.25) is 4.79 Å². The zero-order valence-corrected chi connectivity index (χ0v) is 12.6. The van der Waals surface area contributed by atoms with Gasteiger partial charge in [-0.1, -0.05) is 30.7 Å². The SMILES string of the molecule is CC(NS(=O)(=O)/C=C/c1ccc(Cl)cc1)C(C)C(=O)O. The van der Waals surface area contributed by atoms with Gasteiger partial charge < -0.3 is 5.11 Å². The number of sulfonamides is 1. The number of benzene rings is 1. The minimum atomic E-state index is -3.69. The lowest BCUT2D eigenvalue weighted by molar-refractivity contribution is -0.141. The Morgan fingerprint density at radius 1 is 1.30 bits per heavy atom. The first-order valence-corrected chi connectivity index (χ1v) is 7.82. The lowest BCUT2D eigenvalue weighted by atomic mass is 10.1. The Morgan fingerprint density at radius 3 is 2.35 bits per heavy atom. The van der Waals surface area contributed by atoms with Crippen molar-refractivity contribution in [1.29, 1.82) is 0 Å². The van der Waals surface area contributed by atoms with Crippen LogP contribution in [0.5, 0.6) is 0 Å². The Balaban J connectivity index is 2.75. The van der Waals surface area contributed by atoms with Gasteiger partial charge in [0, 0.05) is 16.5 Å². The smallest absolute Gasteiger partial charge is 0.307 e. The van der Waals surface area contributed by atoms with Crippen LogP contribution in [0.3, 0.4) is 0 Å². The summed E-state index contributed by atoms with van der Waals surface area (Å²) >= 11 is 5.72. The van der Waals surface area contributed by atoms with Gasteiger partial charge in [0.05, 0.1) is 5.92 Å². The third-order valence-electron chi connectivity index (χ3n) is 2.80. The summed E-state index contributed by atoms with van der Waals surface area (Å²) in [7, 11) is -3.69. The number of rotatable bonds is 6. The number of aliphatic carboxylic acids is 1. The Morgan fingerprint density at radius 2 is 1.85 bits per heavy atom. The van der Waals surface area contributed by atoms with E-state index in [1.165, 1.54) is 19.9 Å². The normalized spacial score (nSPS) is 15.2. The molecule has 0 heterocycles. The van der Waals surface area contributed by atoms with Crippen LogP contribution >= 0.6 is 11.6 Å². The van der Waals surface area contributed by atoms with Crippen LogP contribution in [-0.4, -0.2) is 25.5 Å². The van der Waals surface area contributed by atoms with Gasteiger partial charge in [-0.05, 0) is 30.7 Å². The van der Waals surface area contributed by atoms with Crippen molar-refractivity contribution in [3.05, 3.63) is 40.3 Å². The molecule has 0 aromatic heterocycles. The zero-order chi connectivity index (χ0) is 15.3. The fraction of sp³-hybridized carbons (Fsp3) is 0.308. The van der Waals surface area contributed by atoms with Crippen molar-refractivity contribution >= 4 is 33.7 Å². The van der Waals surface area contributed by atoms with E-state index < -0.39 is 28.0 Å². The summed E-state index contributed by atoms with van der Waals surface area (Å²) in [5, 5.41) is 10.4. The molecule has 2 atom stereocenters. The van der Waals surface area contributed by atoms with Crippen molar-refractivity contribution in [1.82, 2.24) is 4.72 Å². The second-order valence-corrected chi connectivity index (χ2v) is 6.47. The molecule has 1 aromatic carbocycles. The molecule has 5 nitrogen and oxygen atoms in total. The van der Waals surface area contributed by atoms with Gasteiger partial charge >= 0.3 is 5.97 Å². The van der Waals surface area contributed by atoms with Gasteiger partial charge in [0.25, 0.3) is 0 Å². The number of carbonyl (C=O) groups is 1. The van der Waals surface area contributed by atoms with E-state index in [0.29, 0.717) is 10.6 Å². The summed E-state index contributed by atoms with van der Waals surface area (Å²) in [6.45, 7) is 2.95. The molecule has 2 unspecified atom stereocenters. The predicted octanol–water partition coefficient (Wildman–Crippen LogP) is 2.34. The number of carboxylic acids is 1. The molecule has 0 aliphatic heterocycles. The molecule has 0 radical (unpaired) electrons. The fourth-order valence-electron chi connectivity index (χ4n) is 1.36. The van der Waals surface area contributed by atoms with Crippen molar-refractivity contribution in [2.75, 3.05) is 0 Å². The first-order valence-electron chi connectivity index (χ1n) is 5.90. The molecule has 1 rings (SSSR count). The molecule has 0 aliphatic rings. The quantitative estimate of drug-likeness (QED) is 0.843. The van der Waals surface area contributed by atoms with Crippen LogP contribution in [-0.2, 0) is 14.8 Å². The second-order valence-electron chi connectivity index (χ2n) is 4.43. The van der Waals surface area contributed by atoms with Crippen molar-refractivity contribution < 1.29 is 18.3 Å². The first kappa shape index (κ1) is 16.7. The Bertz CT molecular complexity index is 595. The van der Waals surface area contributed by atoms with Crippen LogP contribution in [0.2, 0.25) is 5.02 Å². The van der Waals surface area contributed by atoms with Crippen LogP contribution in [0.25, 0.3) is 6.08 Å². The van der Waals surface area contributed by atoms with Crippen molar-refractivity contribution in [3.63, 3.8) is 0 Å². The molecule has 7 heteroatoms. The van der Waals surface area contributed by atoms with E-state index in [2.05, 4.69) is 4.72 Å². The molecule has 20 heavy (non-hydrogen) atoms. The van der Waals surface area contributed by atoms with Gasteiger partial charge in [-0.15, -0.1) is 0 Å². The number of halogens is 1. The van der Waals surface area contributed by atoms with Crippen molar-refractivity contribution in [3.8, 4) is 0 Å². The average molecular weight is 318 g/mol. The number of hydrogen-bond donors (Lipinski definition) is 2. The maximum Gasteiger partial charge on any atom is 0.307 e. The Kier molecular flexibility index (Phi) is 5.74. The molecule has 0 saturated heterocycles. The molecule has 0 aliphatic carbocycles. The van der Waals surface area contributed by atoms with Crippen LogP contribution in [0.4, 0.5) is 0 Å². The summed E-state index contributed by atoms with van der Waals surface area (Å²) in [6, 6.07) is 5.95. The number of carboxylic acid groups (broad SMARTS) is 1. The van der Waals surface area contributed by atoms with Gasteiger partial charge in [-0.2, -0.15) is 0 Å². The molecule has 2 N–H and O–H groups in total. The second kappa shape index (κ2) is 6.88. The summed E-state index contributed by atoms with van der Waals surface area (Å²) in [6.07, 6.45) is 1.41. The molecule has 0 amide bonds. The number of nitrogens with one attached hydrogen (secondary N) is 1. The first-order chi connectivity index (χ1) is 9.21. The molecule has 0 saturated carbocycles. The highest BCUT2D eigenvalue weighted by atomic mass is 35.5. The van der Waals surface area contributed by atoms with Crippen LogP contribution in [0.1, 0.15) is 19.4 Å². The van der Waals surface area contributed by atoms with E-state index in [1.807, 2.05) is 0 Å². The van der Waals surface area contributed by atoms with E-state index in [9.17, 15) is 13.2 Å². The van der Waals surface area contributed by atoms with E-state index in [1.54, 1.807) is 24.3 Å². The van der Waals surface area contributed by atoms with Crippen molar-refractivity contribution in [2.45, 2.75) is 19.9 Å². The lowest BCUT2D eigenvalue weighted by Crippen LogP contribution is -2.39. The van der Waals surface area contributed by atoms with Crippen molar-refractivity contribution in [2.24, 2.45) is 5.92 Å². The molecular formula is C13H16ClNO4S. The van der Waals surface area contributed by atoms with Gasteiger partial charge in [0.15, 0.2) is 0 Å². The van der Waals surface area contributed by atoms with E-state index in [0.717, 1.165) is 5.41 Å². The summed E-state index contributed by atoms with van der Waals surface area (Å²) in [4.78, 5) is 10.8. The minimum Gasteiger partial charge on any atom is -0.481 e. The monoisotopic (exact) mass is 317 g/mol. The van der Waals surface area contributed by atoms with Crippen LogP contribution in [0.15, 0.2) is 29.7 Å². The maximum absolute atomic E-state index is 11.8. The largest absolute Gasteiger partial charge is 0.481 e. The van der Waals surface area contributed by atoms with Gasteiger partial charge in [-0.25, -0.2) is 13.1 Å². The Hall–Kier alpha value is -1.37. The molecular weight excluding hydrogens is 302 g/mol. The topological polar surface area (TPSA) is 83.5 Å². The molecule has 110 valence electrons. The van der Waals surface area contributed by atoms with Gasteiger partial charge in [0.2, 0.25) is 10.0 Å². The summed E-state index contributed by atoms with van der Waals surface area (Å²) in [5.41, 5.74) is 0.679. The number of hydrogen-bond acceptors (Lipinski definition) is 3. The summed E-state index contributed by atoms with van der Waals surface area (Å²) in [5.74, 6) is -1.87. The van der Waals surface area contributed by atoms with E-state index >= 15 is 0 Å². The maximum atomic E-state index is 11.8. The molecule has 0 spiro atoms. The third-order valence-corrected chi connectivity index (χ3v) is 4.25. The van der Waals surface area contributed by atoms with Gasteiger partial charge in [0.1, 0.15) is 0 Å². The lowest BCUT2D eigenvalue weighted by Gasteiger charge is -2.16. The molecule has 1 aromatic rings. The predicted molar refractivity (Wildman–Crippen MR) is 78.8 cm³/mol. The molecule has 0 bridgehead atoms. The fourth-order valence-corrected chi connectivity index (χ4v) is 2.62. The van der Waals surface area contributed by atoms with Crippen LogP contribution < -0.4 is 4.72 Å². The summed E-state index contributed by atoms with van der Waals surface area (Å²) < 4.78 is 25.9. The van der Waals surface area contributed by atoms with E-state index in [4.69, 9.17) is 16.7 Å². The van der Waals surface area contributed by atoms with Crippen LogP contribution in [0, 0.1) is 5.92 Å². The minimum absolute atomic E-state index is 0.562. The highest BCUT2D eigenvalue weighted by molar-refractivity contribution is 7.92. The third kappa shape index (κ3) is 5.32. The van der Waals surface area contributed by atoms with E-state index in [-0.39, 0.29) is 0 Å². The molecule has 0 fully saturated rings. The highest BCUT2D eigenvalue weighted by Crippen LogP contribution is 2.11. The average Bonchev–Trinajstić information content (AvgIpc) is 2.36.